The van der Waals surface area contributed by atoms with Crippen molar-refractivity contribution in [1.82, 2.24) is 9.97 Å². The van der Waals surface area contributed by atoms with Gasteiger partial charge in [-0.2, -0.15) is 0 Å². The summed E-state index contributed by atoms with van der Waals surface area (Å²) in [4.78, 5) is 21.2. The molecule has 4 rings (SSSR count). The van der Waals surface area contributed by atoms with Crippen molar-refractivity contribution in [3.05, 3.63) is 63.9 Å². The fourth-order valence-corrected chi connectivity index (χ4v) is 5.10. The van der Waals surface area contributed by atoms with Crippen molar-refractivity contribution in [2.24, 2.45) is 0 Å². The van der Waals surface area contributed by atoms with Crippen LogP contribution in [0.25, 0.3) is 21.5 Å². The zero-order valence-corrected chi connectivity index (χ0v) is 17.1. The first-order valence-corrected chi connectivity index (χ1v) is 11.3. The number of rotatable bonds is 6. The fraction of sp³-hybridized carbons (Fsp3) is 0.150. The molecule has 2 heterocycles. The Morgan fingerprint density at radius 1 is 1.11 bits per heavy atom. The van der Waals surface area contributed by atoms with Crippen molar-refractivity contribution in [1.29, 1.82) is 0 Å². The summed E-state index contributed by atoms with van der Waals surface area (Å²) in [5, 5.41) is 7.09. The molecular formula is C20H17N3OS3. The Balaban J connectivity index is 1.28. The van der Waals surface area contributed by atoms with Gasteiger partial charge in [-0.15, -0.1) is 34.4 Å². The number of aryl methyl sites for hydroxylation is 1. The van der Waals surface area contributed by atoms with E-state index in [0.29, 0.717) is 5.75 Å². The van der Waals surface area contributed by atoms with Gasteiger partial charge in [-0.25, -0.2) is 9.97 Å². The number of amides is 1. The van der Waals surface area contributed by atoms with Crippen LogP contribution in [0.5, 0.6) is 0 Å². The van der Waals surface area contributed by atoms with Crippen LogP contribution in [0.3, 0.4) is 0 Å². The molecule has 0 fully saturated rings. The molecule has 0 bridgehead atoms. The highest BCUT2D eigenvalue weighted by atomic mass is 32.2. The number of hydrogen-bond acceptors (Lipinski definition) is 6. The van der Waals surface area contributed by atoms with Gasteiger partial charge in [-0.3, -0.25) is 4.79 Å². The van der Waals surface area contributed by atoms with E-state index in [4.69, 9.17) is 0 Å². The highest BCUT2D eigenvalue weighted by molar-refractivity contribution is 7.99. The first-order chi connectivity index (χ1) is 13.2. The molecule has 0 unspecified atom stereocenters. The van der Waals surface area contributed by atoms with Gasteiger partial charge in [-0.05, 0) is 31.2 Å². The van der Waals surface area contributed by atoms with Crippen LogP contribution in [-0.4, -0.2) is 21.6 Å². The molecule has 2 aromatic heterocycles. The van der Waals surface area contributed by atoms with Crippen LogP contribution < -0.4 is 5.32 Å². The molecule has 136 valence electrons. The van der Waals surface area contributed by atoms with Crippen molar-refractivity contribution < 1.29 is 4.79 Å². The van der Waals surface area contributed by atoms with Crippen LogP contribution >= 0.6 is 34.4 Å². The standard InChI is InChI=1S/C20H17N3OS3/c1-13-21-17(10-26-13)14-6-8-15(9-7-14)22-19(24)11-25-12-20-23-16-4-2-3-5-18(16)27-20/h2-10H,11-12H2,1H3,(H,22,24). The van der Waals surface area contributed by atoms with Gasteiger partial charge in [0.2, 0.25) is 5.91 Å². The zero-order valence-electron chi connectivity index (χ0n) is 14.6. The molecule has 2 aromatic carbocycles. The van der Waals surface area contributed by atoms with Crippen LogP contribution in [0.4, 0.5) is 5.69 Å². The maximum absolute atomic E-state index is 12.2. The lowest BCUT2D eigenvalue weighted by molar-refractivity contribution is -0.113. The van der Waals surface area contributed by atoms with Crippen LogP contribution in [0.2, 0.25) is 0 Å². The normalized spacial score (nSPS) is 11.0. The second-order valence-corrected chi connectivity index (χ2v) is 9.11. The summed E-state index contributed by atoms with van der Waals surface area (Å²) < 4.78 is 1.19. The molecule has 4 aromatic rings. The summed E-state index contributed by atoms with van der Waals surface area (Å²) in [5.41, 5.74) is 3.86. The first kappa shape index (κ1) is 18.2. The smallest absolute Gasteiger partial charge is 0.234 e. The number of aromatic nitrogens is 2. The topological polar surface area (TPSA) is 54.9 Å². The van der Waals surface area contributed by atoms with E-state index in [1.165, 1.54) is 4.70 Å². The third-order valence-corrected chi connectivity index (χ3v) is 6.82. The van der Waals surface area contributed by atoms with E-state index in [2.05, 4.69) is 21.4 Å². The first-order valence-electron chi connectivity index (χ1n) is 8.42. The van der Waals surface area contributed by atoms with Gasteiger partial charge in [0, 0.05) is 22.4 Å². The average molecular weight is 412 g/mol. The van der Waals surface area contributed by atoms with Crippen molar-refractivity contribution in [3.8, 4) is 11.3 Å². The monoisotopic (exact) mass is 411 g/mol. The molecule has 7 heteroatoms. The van der Waals surface area contributed by atoms with E-state index in [1.807, 2.05) is 54.8 Å². The molecule has 4 nitrogen and oxygen atoms in total. The molecule has 0 spiro atoms. The van der Waals surface area contributed by atoms with Gasteiger partial charge in [0.15, 0.2) is 0 Å². The highest BCUT2D eigenvalue weighted by Crippen LogP contribution is 2.25. The van der Waals surface area contributed by atoms with Gasteiger partial charge in [0.1, 0.15) is 5.01 Å². The number of thiazole rings is 2. The Bertz CT molecular complexity index is 1040. The van der Waals surface area contributed by atoms with Crippen LogP contribution in [-0.2, 0) is 10.5 Å². The minimum atomic E-state index is -0.00151. The fourth-order valence-electron chi connectivity index (χ4n) is 2.63. The number of benzene rings is 2. The van der Waals surface area contributed by atoms with E-state index in [-0.39, 0.29) is 5.91 Å². The minimum Gasteiger partial charge on any atom is -0.325 e. The number of fused-ring (bicyclic) bond motifs is 1. The Morgan fingerprint density at radius 2 is 1.93 bits per heavy atom. The quantitative estimate of drug-likeness (QED) is 0.449. The molecule has 1 N–H and O–H groups in total. The van der Waals surface area contributed by atoms with Crippen LogP contribution in [0, 0.1) is 6.92 Å². The number of nitrogens with one attached hydrogen (secondary N) is 1. The number of carbonyl (C=O) groups is 1. The summed E-state index contributed by atoms with van der Waals surface area (Å²) in [6, 6.07) is 15.9. The summed E-state index contributed by atoms with van der Waals surface area (Å²) in [7, 11) is 0. The molecule has 1 amide bonds. The zero-order chi connectivity index (χ0) is 18.6. The number of carbonyl (C=O) groups excluding carboxylic acids is 1. The third kappa shape index (κ3) is 4.55. The lowest BCUT2D eigenvalue weighted by Crippen LogP contribution is -2.14. The lowest BCUT2D eigenvalue weighted by atomic mass is 10.1. The largest absolute Gasteiger partial charge is 0.325 e. The van der Waals surface area contributed by atoms with Crippen molar-refractivity contribution in [2.45, 2.75) is 12.7 Å². The van der Waals surface area contributed by atoms with E-state index >= 15 is 0 Å². The molecule has 0 aliphatic rings. The molecular weight excluding hydrogens is 394 g/mol. The molecule has 0 aliphatic heterocycles. The number of anilines is 1. The number of para-hydroxylation sites is 1. The highest BCUT2D eigenvalue weighted by Gasteiger charge is 2.07. The Hall–Kier alpha value is -2.22. The minimum absolute atomic E-state index is 0.00151. The van der Waals surface area contributed by atoms with Crippen LogP contribution in [0.15, 0.2) is 53.9 Å². The predicted molar refractivity (Wildman–Crippen MR) is 117 cm³/mol. The summed E-state index contributed by atoms with van der Waals surface area (Å²) in [6.07, 6.45) is 0. The predicted octanol–water partition coefficient (Wildman–Crippen LogP) is 5.60. The Kier molecular flexibility index (Phi) is 5.52. The van der Waals surface area contributed by atoms with Crippen molar-refractivity contribution in [3.63, 3.8) is 0 Å². The van der Waals surface area contributed by atoms with Gasteiger partial charge >= 0.3 is 0 Å². The van der Waals surface area contributed by atoms with E-state index in [1.54, 1.807) is 34.4 Å². The van der Waals surface area contributed by atoms with Gasteiger partial charge in [-0.1, -0.05) is 24.3 Å². The third-order valence-electron chi connectivity index (χ3n) is 3.88. The average Bonchev–Trinajstić information content (AvgIpc) is 3.28. The number of nitrogens with zero attached hydrogens (tertiary/aromatic N) is 2. The van der Waals surface area contributed by atoms with Crippen molar-refractivity contribution >= 4 is 56.2 Å². The lowest BCUT2D eigenvalue weighted by Gasteiger charge is -2.05. The molecule has 27 heavy (non-hydrogen) atoms. The SMILES string of the molecule is Cc1nc(-c2ccc(NC(=O)CSCc3nc4ccccc4s3)cc2)cs1. The Morgan fingerprint density at radius 3 is 2.67 bits per heavy atom. The second-order valence-electron chi connectivity index (χ2n) is 5.95. The van der Waals surface area contributed by atoms with Crippen LogP contribution in [0.1, 0.15) is 10.0 Å². The van der Waals surface area contributed by atoms with E-state index < -0.39 is 0 Å². The summed E-state index contributed by atoms with van der Waals surface area (Å²) in [6.45, 7) is 1.99. The molecule has 0 aliphatic carbocycles. The maximum atomic E-state index is 12.2. The number of hydrogen-bond donors (Lipinski definition) is 1. The molecule has 0 atom stereocenters. The molecule has 0 saturated heterocycles. The van der Waals surface area contributed by atoms with Crippen molar-refractivity contribution in [2.75, 3.05) is 11.1 Å². The van der Waals surface area contributed by atoms with Gasteiger partial charge < -0.3 is 5.32 Å². The molecule has 0 saturated carbocycles. The van der Waals surface area contributed by atoms with E-state index in [9.17, 15) is 4.79 Å². The summed E-state index contributed by atoms with van der Waals surface area (Å²) >= 11 is 4.90. The maximum Gasteiger partial charge on any atom is 0.234 e. The molecule has 0 radical (unpaired) electrons. The number of thioether (sulfide) groups is 1. The second kappa shape index (κ2) is 8.21. The van der Waals surface area contributed by atoms with E-state index in [0.717, 1.165) is 38.2 Å². The summed E-state index contributed by atoms with van der Waals surface area (Å²) in [5.74, 6) is 1.15. The van der Waals surface area contributed by atoms with Gasteiger partial charge in [0.25, 0.3) is 0 Å². The van der Waals surface area contributed by atoms with Gasteiger partial charge in [0.05, 0.1) is 26.7 Å². The Labute approximate surface area is 169 Å².